The van der Waals surface area contributed by atoms with E-state index in [9.17, 15) is 27.6 Å². The van der Waals surface area contributed by atoms with Crippen LogP contribution in [0, 0.1) is 0 Å². The maximum atomic E-state index is 12.8. The molecule has 11 heteroatoms. The standard InChI is InChI=1S/C21H22N2O4.C5H5F3N2/c1-11-10-21(2,3)15-5-4-6-16(17(11)15)23-19(25)13-8-7-12(20(26)27)9-14(13)18(22)24;1-10-3-2-4(9-10)5(6,7)8/h4-9,11H,10H2,1-3H3,(H2,22,24)(H,23,25)(H,26,27);2-3H,1H3/t11-;/m1./s1. The van der Waals surface area contributed by atoms with Gasteiger partial charge in [0.05, 0.1) is 16.7 Å². The van der Waals surface area contributed by atoms with E-state index in [1.54, 1.807) is 0 Å². The van der Waals surface area contributed by atoms with Gasteiger partial charge in [-0.3, -0.25) is 14.3 Å². The number of aryl methyl sites for hydroxylation is 1. The quantitative estimate of drug-likeness (QED) is 0.452. The van der Waals surface area contributed by atoms with Gasteiger partial charge in [0.25, 0.3) is 5.91 Å². The van der Waals surface area contributed by atoms with Crippen LogP contribution in [0.2, 0.25) is 0 Å². The maximum absolute atomic E-state index is 12.8. The lowest BCUT2D eigenvalue weighted by molar-refractivity contribution is -0.141. The number of benzene rings is 2. The van der Waals surface area contributed by atoms with Gasteiger partial charge in [-0.05, 0) is 59.2 Å². The number of primary amides is 1. The van der Waals surface area contributed by atoms with E-state index in [-0.39, 0.29) is 28.0 Å². The number of fused-ring (bicyclic) bond motifs is 1. The number of amides is 2. The van der Waals surface area contributed by atoms with Crippen LogP contribution in [0.1, 0.15) is 81.0 Å². The van der Waals surface area contributed by atoms with Crippen molar-refractivity contribution in [2.75, 3.05) is 5.32 Å². The molecule has 0 saturated heterocycles. The van der Waals surface area contributed by atoms with Crippen molar-refractivity contribution in [2.45, 2.75) is 44.7 Å². The van der Waals surface area contributed by atoms with Crippen molar-refractivity contribution in [2.24, 2.45) is 12.8 Å². The van der Waals surface area contributed by atoms with E-state index >= 15 is 0 Å². The Bertz CT molecular complexity index is 1360. The fourth-order valence-electron chi connectivity index (χ4n) is 4.61. The number of halogens is 3. The zero-order chi connectivity index (χ0) is 27.7. The van der Waals surface area contributed by atoms with Crippen LogP contribution in [0.3, 0.4) is 0 Å². The lowest BCUT2D eigenvalue weighted by atomic mass is 9.86. The van der Waals surface area contributed by atoms with E-state index in [1.807, 2.05) is 12.1 Å². The molecule has 1 aliphatic carbocycles. The van der Waals surface area contributed by atoms with Crippen LogP contribution < -0.4 is 11.1 Å². The second-order valence-electron chi connectivity index (χ2n) is 9.51. The summed E-state index contributed by atoms with van der Waals surface area (Å²) in [6.45, 7) is 6.48. The number of aromatic nitrogens is 2. The molecule has 3 aromatic rings. The number of nitrogens with two attached hydrogens (primary N) is 1. The molecule has 1 aromatic heterocycles. The van der Waals surface area contributed by atoms with Crippen molar-refractivity contribution >= 4 is 23.5 Å². The first-order valence-electron chi connectivity index (χ1n) is 11.3. The van der Waals surface area contributed by atoms with Crippen LogP contribution >= 0.6 is 0 Å². The molecule has 0 unspecified atom stereocenters. The maximum Gasteiger partial charge on any atom is 0.435 e. The van der Waals surface area contributed by atoms with Crippen LogP contribution in [-0.2, 0) is 18.6 Å². The number of carboxylic acid groups (broad SMARTS) is 1. The molecule has 4 N–H and O–H groups in total. The van der Waals surface area contributed by atoms with Crippen molar-refractivity contribution in [1.82, 2.24) is 9.78 Å². The number of carbonyl (C=O) groups is 3. The molecule has 2 amide bonds. The Hall–Kier alpha value is -4.15. The van der Waals surface area contributed by atoms with E-state index in [2.05, 4.69) is 37.3 Å². The predicted molar refractivity (Wildman–Crippen MR) is 131 cm³/mol. The zero-order valence-corrected chi connectivity index (χ0v) is 20.7. The molecule has 196 valence electrons. The molecular formula is C26H27F3N4O4. The molecule has 0 bridgehead atoms. The topological polar surface area (TPSA) is 127 Å². The number of aromatic carboxylic acids is 1. The van der Waals surface area contributed by atoms with Crippen LogP contribution in [0.4, 0.5) is 18.9 Å². The first kappa shape index (κ1) is 27.4. The van der Waals surface area contributed by atoms with E-state index in [1.165, 1.54) is 30.9 Å². The average molecular weight is 517 g/mol. The van der Waals surface area contributed by atoms with Crippen LogP contribution in [0.15, 0.2) is 48.7 Å². The Morgan fingerprint density at radius 3 is 2.32 bits per heavy atom. The van der Waals surface area contributed by atoms with Crippen LogP contribution in [0.5, 0.6) is 0 Å². The minimum atomic E-state index is -4.32. The van der Waals surface area contributed by atoms with Crippen LogP contribution in [-0.4, -0.2) is 32.7 Å². The van der Waals surface area contributed by atoms with Gasteiger partial charge in [-0.1, -0.05) is 32.9 Å². The summed E-state index contributed by atoms with van der Waals surface area (Å²) < 4.78 is 36.3. The van der Waals surface area contributed by atoms with Crippen molar-refractivity contribution < 1.29 is 32.7 Å². The van der Waals surface area contributed by atoms with Gasteiger partial charge in [-0.15, -0.1) is 0 Å². The number of hydrogen-bond donors (Lipinski definition) is 3. The summed E-state index contributed by atoms with van der Waals surface area (Å²) in [5, 5.41) is 15.1. The Labute approximate surface area is 211 Å². The number of nitrogens with zero attached hydrogens (tertiary/aromatic N) is 2. The number of carboxylic acids is 1. The van der Waals surface area contributed by atoms with E-state index < -0.39 is 29.7 Å². The summed E-state index contributed by atoms with van der Waals surface area (Å²) >= 11 is 0. The summed E-state index contributed by atoms with van der Waals surface area (Å²) in [5.41, 5.74) is 7.35. The van der Waals surface area contributed by atoms with Crippen molar-refractivity contribution in [3.63, 3.8) is 0 Å². The molecule has 8 nitrogen and oxygen atoms in total. The Balaban J connectivity index is 0.000000319. The molecule has 2 aromatic carbocycles. The van der Waals surface area contributed by atoms with Crippen molar-refractivity contribution in [1.29, 1.82) is 0 Å². The van der Waals surface area contributed by atoms with Gasteiger partial charge in [0, 0.05) is 18.9 Å². The molecule has 0 spiro atoms. The lowest BCUT2D eigenvalue weighted by Gasteiger charge is -2.19. The molecule has 0 radical (unpaired) electrons. The third-order valence-electron chi connectivity index (χ3n) is 6.17. The van der Waals surface area contributed by atoms with Gasteiger partial charge in [0.15, 0.2) is 5.69 Å². The number of hydrogen-bond acceptors (Lipinski definition) is 4. The largest absolute Gasteiger partial charge is 0.478 e. The van der Waals surface area contributed by atoms with Gasteiger partial charge in [-0.25, -0.2) is 4.79 Å². The third kappa shape index (κ3) is 5.99. The summed E-state index contributed by atoms with van der Waals surface area (Å²) in [7, 11) is 1.44. The predicted octanol–water partition coefficient (Wildman–Crippen LogP) is 4.96. The molecule has 37 heavy (non-hydrogen) atoms. The Morgan fingerprint density at radius 2 is 1.81 bits per heavy atom. The second-order valence-corrected chi connectivity index (χ2v) is 9.51. The van der Waals surface area contributed by atoms with E-state index in [4.69, 9.17) is 10.8 Å². The van der Waals surface area contributed by atoms with Gasteiger partial charge in [0.2, 0.25) is 5.91 Å². The SMILES string of the molecule is C[C@@H]1CC(C)(C)c2cccc(NC(=O)c3ccc(C(=O)O)cc3C(N)=O)c21.Cn1ccc(C(F)(F)F)n1. The normalized spacial score (nSPS) is 15.8. The first-order valence-corrected chi connectivity index (χ1v) is 11.3. The monoisotopic (exact) mass is 516 g/mol. The fraction of sp³-hybridized carbons (Fsp3) is 0.308. The minimum Gasteiger partial charge on any atom is -0.478 e. The molecule has 4 rings (SSSR count). The summed E-state index contributed by atoms with van der Waals surface area (Å²) in [6.07, 6.45) is -2.08. The first-order chi connectivity index (χ1) is 17.1. The minimum absolute atomic E-state index is 0.0248. The van der Waals surface area contributed by atoms with Gasteiger partial charge in [0.1, 0.15) is 0 Å². The number of alkyl halides is 3. The third-order valence-corrected chi connectivity index (χ3v) is 6.17. The Morgan fingerprint density at radius 1 is 1.14 bits per heavy atom. The molecule has 1 aliphatic rings. The smallest absolute Gasteiger partial charge is 0.435 e. The summed E-state index contributed by atoms with van der Waals surface area (Å²) in [4.78, 5) is 35.7. The summed E-state index contributed by atoms with van der Waals surface area (Å²) in [5.74, 6) is -2.25. The van der Waals surface area contributed by atoms with Crippen molar-refractivity contribution in [3.05, 3.63) is 82.2 Å². The number of anilines is 1. The zero-order valence-electron chi connectivity index (χ0n) is 20.7. The highest BCUT2D eigenvalue weighted by Crippen LogP contribution is 2.48. The molecular weight excluding hydrogens is 489 g/mol. The summed E-state index contributed by atoms with van der Waals surface area (Å²) in [6, 6.07) is 10.5. The van der Waals surface area contributed by atoms with Crippen molar-refractivity contribution in [3.8, 4) is 0 Å². The molecule has 1 atom stereocenters. The number of rotatable bonds is 4. The Kier molecular flexibility index (Phi) is 7.47. The van der Waals surface area contributed by atoms with Gasteiger partial charge >= 0.3 is 12.1 Å². The van der Waals surface area contributed by atoms with E-state index in [0.29, 0.717) is 5.69 Å². The fourth-order valence-corrected chi connectivity index (χ4v) is 4.61. The highest BCUT2D eigenvalue weighted by molar-refractivity contribution is 6.13. The average Bonchev–Trinajstić information content (AvgIpc) is 3.34. The molecule has 0 saturated carbocycles. The van der Waals surface area contributed by atoms with Gasteiger partial charge in [-0.2, -0.15) is 18.3 Å². The number of carbonyl (C=O) groups excluding carboxylic acids is 2. The molecule has 1 heterocycles. The highest BCUT2D eigenvalue weighted by atomic mass is 19.4. The highest BCUT2D eigenvalue weighted by Gasteiger charge is 2.36. The van der Waals surface area contributed by atoms with Crippen LogP contribution in [0.25, 0.3) is 0 Å². The lowest BCUT2D eigenvalue weighted by Crippen LogP contribution is -2.21. The molecule has 0 aliphatic heterocycles. The van der Waals surface area contributed by atoms with Gasteiger partial charge < -0.3 is 16.2 Å². The second kappa shape index (κ2) is 10.1. The molecule has 0 fully saturated rings. The van der Waals surface area contributed by atoms with E-state index in [0.717, 1.165) is 28.8 Å². The number of nitrogens with one attached hydrogen (secondary N) is 1.